The molecule has 1 aliphatic rings. The first-order valence-corrected chi connectivity index (χ1v) is 11.4. The van der Waals surface area contributed by atoms with Gasteiger partial charge in [-0.15, -0.1) is 0 Å². The second-order valence-electron chi connectivity index (χ2n) is 8.53. The van der Waals surface area contributed by atoms with Gasteiger partial charge in [-0.25, -0.2) is 4.98 Å². The molecule has 3 heterocycles. The van der Waals surface area contributed by atoms with Crippen molar-refractivity contribution in [3.05, 3.63) is 83.6 Å². The van der Waals surface area contributed by atoms with E-state index < -0.39 is 0 Å². The van der Waals surface area contributed by atoms with Crippen LogP contribution in [-0.2, 0) is 11.2 Å². The standard InChI is InChI=1S/C27H28N4O2/c1-19-17-31(18-29-19)25-10-9-20(15-26(25)33-2)14-21-6-5-12-30(27(21)32)13-11-22-16-28-24-8-4-3-7-23(22)24/h3-4,7-10,14-18,28H,5-6,11-13H2,1-2H3. The second kappa shape index (κ2) is 8.98. The van der Waals surface area contributed by atoms with Crippen LogP contribution in [-0.4, -0.2) is 45.5 Å². The Labute approximate surface area is 193 Å². The number of nitrogens with one attached hydrogen (secondary N) is 1. The van der Waals surface area contributed by atoms with E-state index in [9.17, 15) is 4.79 Å². The van der Waals surface area contributed by atoms with Crippen molar-refractivity contribution in [3.63, 3.8) is 0 Å². The lowest BCUT2D eigenvalue weighted by atomic mass is 10.00. The number of methoxy groups -OCH3 is 1. The van der Waals surface area contributed by atoms with Gasteiger partial charge < -0.3 is 19.2 Å². The van der Waals surface area contributed by atoms with Gasteiger partial charge in [-0.3, -0.25) is 4.79 Å². The predicted molar refractivity (Wildman–Crippen MR) is 131 cm³/mol. The third-order valence-electron chi connectivity index (χ3n) is 6.30. The first kappa shape index (κ1) is 21.1. The molecule has 0 aliphatic carbocycles. The van der Waals surface area contributed by atoms with Gasteiger partial charge in [0.05, 0.1) is 24.8 Å². The van der Waals surface area contributed by atoms with Crippen LogP contribution in [0.5, 0.6) is 5.75 Å². The molecule has 1 amide bonds. The number of nitrogens with zero attached hydrogens (tertiary/aromatic N) is 3. The van der Waals surface area contributed by atoms with E-state index in [-0.39, 0.29) is 5.91 Å². The van der Waals surface area contributed by atoms with Crippen molar-refractivity contribution in [2.24, 2.45) is 0 Å². The molecule has 5 rings (SSSR count). The van der Waals surface area contributed by atoms with E-state index in [0.717, 1.165) is 66.1 Å². The number of H-pyrrole nitrogens is 1. The average molecular weight is 441 g/mol. The predicted octanol–water partition coefficient (Wildman–Crippen LogP) is 4.92. The summed E-state index contributed by atoms with van der Waals surface area (Å²) in [5, 5.41) is 1.23. The van der Waals surface area contributed by atoms with Gasteiger partial charge in [-0.05, 0) is 61.6 Å². The SMILES string of the molecule is COc1cc(C=C2CCCN(CCc3c[nH]c4ccccc34)C2=O)ccc1-n1cnc(C)c1. The fourth-order valence-corrected chi connectivity index (χ4v) is 4.56. The molecule has 1 saturated heterocycles. The molecule has 33 heavy (non-hydrogen) atoms. The van der Waals surface area contributed by atoms with Crippen molar-refractivity contribution < 1.29 is 9.53 Å². The number of hydrogen-bond donors (Lipinski definition) is 1. The molecule has 0 spiro atoms. The highest BCUT2D eigenvalue weighted by Crippen LogP contribution is 2.28. The van der Waals surface area contributed by atoms with Crippen LogP contribution in [0.3, 0.4) is 0 Å². The van der Waals surface area contributed by atoms with Crippen molar-refractivity contribution in [3.8, 4) is 11.4 Å². The highest BCUT2D eigenvalue weighted by molar-refractivity contribution is 5.98. The molecule has 2 aromatic heterocycles. The Bertz CT molecular complexity index is 1330. The summed E-state index contributed by atoms with van der Waals surface area (Å²) in [5.74, 6) is 0.885. The van der Waals surface area contributed by atoms with Gasteiger partial charge in [0.15, 0.2) is 0 Å². The first-order chi connectivity index (χ1) is 16.1. The maximum Gasteiger partial charge on any atom is 0.249 e. The topological polar surface area (TPSA) is 63.1 Å². The van der Waals surface area contributed by atoms with Crippen LogP contribution in [0.2, 0.25) is 0 Å². The minimum atomic E-state index is 0.134. The summed E-state index contributed by atoms with van der Waals surface area (Å²) in [6, 6.07) is 14.3. The highest BCUT2D eigenvalue weighted by atomic mass is 16.5. The van der Waals surface area contributed by atoms with E-state index in [2.05, 4.69) is 34.4 Å². The molecule has 1 N–H and O–H groups in total. The number of aromatic amines is 1. The van der Waals surface area contributed by atoms with Crippen molar-refractivity contribution >= 4 is 22.9 Å². The number of piperidine rings is 1. The molecule has 0 bridgehead atoms. The molecule has 4 aromatic rings. The Kier molecular flexibility index (Phi) is 5.73. The molecular weight excluding hydrogens is 412 g/mol. The van der Waals surface area contributed by atoms with Gasteiger partial charge in [-0.2, -0.15) is 0 Å². The number of para-hydroxylation sites is 1. The van der Waals surface area contributed by atoms with Gasteiger partial charge in [0.1, 0.15) is 5.75 Å². The van der Waals surface area contributed by atoms with Gasteiger partial charge >= 0.3 is 0 Å². The molecule has 0 unspecified atom stereocenters. The lowest BCUT2D eigenvalue weighted by Crippen LogP contribution is -2.38. The summed E-state index contributed by atoms with van der Waals surface area (Å²) in [5.41, 5.74) is 6.09. The van der Waals surface area contributed by atoms with Crippen LogP contribution < -0.4 is 4.74 Å². The van der Waals surface area contributed by atoms with E-state index >= 15 is 0 Å². The zero-order valence-corrected chi connectivity index (χ0v) is 19.0. The number of rotatable bonds is 6. The van der Waals surface area contributed by atoms with Gasteiger partial charge in [0.2, 0.25) is 5.91 Å². The number of aryl methyl sites for hydroxylation is 1. The van der Waals surface area contributed by atoms with Crippen LogP contribution in [0.1, 0.15) is 29.7 Å². The Morgan fingerprint density at radius 1 is 1.21 bits per heavy atom. The number of benzene rings is 2. The van der Waals surface area contributed by atoms with Crippen LogP contribution in [0, 0.1) is 6.92 Å². The van der Waals surface area contributed by atoms with Gasteiger partial charge in [0, 0.05) is 42.0 Å². The second-order valence-corrected chi connectivity index (χ2v) is 8.53. The summed E-state index contributed by atoms with van der Waals surface area (Å²) in [7, 11) is 1.66. The average Bonchev–Trinajstić information content (AvgIpc) is 3.45. The molecule has 0 saturated carbocycles. The van der Waals surface area contributed by atoms with Crippen LogP contribution >= 0.6 is 0 Å². The lowest BCUT2D eigenvalue weighted by molar-refractivity contribution is -0.128. The maximum absolute atomic E-state index is 13.2. The quantitative estimate of drug-likeness (QED) is 0.433. The molecule has 1 aliphatic heterocycles. The minimum absolute atomic E-state index is 0.134. The normalized spacial score (nSPS) is 15.5. The lowest BCUT2D eigenvalue weighted by Gasteiger charge is -2.28. The van der Waals surface area contributed by atoms with E-state index in [4.69, 9.17) is 4.74 Å². The molecule has 0 atom stereocenters. The number of fused-ring (bicyclic) bond motifs is 1. The molecular formula is C27H28N4O2. The molecule has 1 fully saturated rings. The van der Waals surface area contributed by atoms with E-state index in [1.165, 1.54) is 10.9 Å². The van der Waals surface area contributed by atoms with Crippen molar-refractivity contribution in [2.45, 2.75) is 26.2 Å². The van der Waals surface area contributed by atoms with Crippen LogP contribution in [0.15, 0.2) is 66.8 Å². The zero-order chi connectivity index (χ0) is 22.8. The van der Waals surface area contributed by atoms with E-state index in [1.807, 2.05) is 52.9 Å². The number of hydrogen-bond acceptors (Lipinski definition) is 3. The number of carbonyl (C=O) groups is 1. The Balaban J connectivity index is 1.33. The fraction of sp³-hybridized carbons (Fsp3) is 0.259. The van der Waals surface area contributed by atoms with E-state index in [1.54, 1.807) is 13.4 Å². The minimum Gasteiger partial charge on any atom is -0.495 e. The van der Waals surface area contributed by atoms with Gasteiger partial charge in [0.25, 0.3) is 0 Å². The summed E-state index contributed by atoms with van der Waals surface area (Å²) in [6.45, 7) is 3.49. The summed E-state index contributed by atoms with van der Waals surface area (Å²) >= 11 is 0. The Morgan fingerprint density at radius 3 is 2.91 bits per heavy atom. The monoisotopic (exact) mass is 440 g/mol. The fourth-order valence-electron chi connectivity index (χ4n) is 4.56. The summed E-state index contributed by atoms with van der Waals surface area (Å²) in [4.78, 5) is 22.8. The van der Waals surface area contributed by atoms with Crippen molar-refractivity contribution in [1.82, 2.24) is 19.4 Å². The number of likely N-dealkylation sites (tertiary alicyclic amines) is 1. The number of ether oxygens (including phenoxy) is 1. The number of amides is 1. The summed E-state index contributed by atoms with van der Waals surface area (Å²) in [6.07, 6.45) is 10.4. The smallest absolute Gasteiger partial charge is 0.249 e. The number of imidazole rings is 1. The highest BCUT2D eigenvalue weighted by Gasteiger charge is 2.23. The first-order valence-electron chi connectivity index (χ1n) is 11.4. The zero-order valence-electron chi connectivity index (χ0n) is 19.0. The van der Waals surface area contributed by atoms with Crippen LogP contribution in [0.4, 0.5) is 0 Å². The van der Waals surface area contributed by atoms with E-state index in [0.29, 0.717) is 0 Å². The molecule has 6 nitrogen and oxygen atoms in total. The maximum atomic E-state index is 13.2. The largest absolute Gasteiger partial charge is 0.495 e. The third kappa shape index (κ3) is 4.29. The number of aromatic nitrogens is 3. The number of carbonyl (C=O) groups excluding carboxylic acids is 1. The molecule has 0 radical (unpaired) electrons. The van der Waals surface area contributed by atoms with Crippen LogP contribution in [0.25, 0.3) is 22.7 Å². The molecule has 168 valence electrons. The third-order valence-corrected chi connectivity index (χ3v) is 6.30. The Hall–Kier alpha value is -3.80. The molecule has 6 heteroatoms. The molecule has 2 aromatic carbocycles. The summed E-state index contributed by atoms with van der Waals surface area (Å²) < 4.78 is 7.57. The van der Waals surface area contributed by atoms with Gasteiger partial charge in [-0.1, -0.05) is 24.3 Å². The Morgan fingerprint density at radius 2 is 2.09 bits per heavy atom. The van der Waals surface area contributed by atoms with Crippen molar-refractivity contribution in [2.75, 3.05) is 20.2 Å². The van der Waals surface area contributed by atoms with Crippen molar-refractivity contribution in [1.29, 1.82) is 0 Å².